The molecule has 2 aromatic rings. The quantitative estimate of drug-likeness (QED) is 0.631. The van der Waals surface area contributed by atoms with Gasteiger partial charge in [0.05, 0.1) is 23.7 Å². The molecule has 0 bridgehead atoms. The second-order valence-electron chi connectivity index (χ2n) is 9.79. The molecule has 1 aromatic heterocycles. The van der Waals surface area contributed by atoms with Crippen LogP contribution in [0, 0.1) is 5.92 Å². The van der Waals surface area contributed by atoms with Gasteiger partial charge in [0.15, 0.2) is 0 Å². The molecule has 3 aliphatic rings. The Morgan fingerprint density at radius 2 is 1.94 bits per heavy atom. The van der Waals surface area contributed by atoms with Crippen LogP contribution in [-0.2, 0) is 16.6 Å². The number of piperidine rings is 2. The molecule has 1 unspecified atom stereocenters. The van der Waals surface area contributed by atoms with Gasteiger partial charge < -0.3 is 14.9 Å². The van der Waals surface area contributed by atoms with Crippen molar-refractivity contribution in [1.82, 2.24) is 24.9 Å². The van der Waals surface area contributed by atoms with Crippen LogP contribution in [0.25, 0.3) is 10.9 Å². The second kappa shape index (κ2) is 9.44. The van der Waals surface area contributed by atoms with Crippen LogP contribution in [0.5, 0.6) is 0 Å². The van der Waals surface area contributed by atoms with Crippen LogP contribution >= 0.6 is 0 Å². The lowest BCUT2D eigenvalue weighted by Gasteiger charge is -2.40. The summed E-state index contributed by atoms with van der Waals surface area (Å²) in [4.78, 5) is 40.7. The van der Waals surface area contributed by atoms with E-state index in [1.54, 1.807) is 4.68 Å². The summed E-state index contributed by atoms with van der Waals surface area (Å²) in [7, 11) is 1.86. The summed E-state index contributed by atoms with van der Waals surface area (Å²) >= 11 is 0. The van der Waals surface area contributed by atoms with Gasteiger partial charge in [0.1, 0.15) is 6.17 Å². The number of hydrogen-bond donors (Lipinski definition) is 2. The Labute approximate surface area is 202 Å². The van der Waals surface area contributed by atoms with Crippen molar-refractivity contribution >= 4 is 34.5 Å². The van der Waals surface area contributed by atoms with Gasteiger partial charge in [-0.2, -0.15) is 5.10 Å². The summed E-state index contributed by atoms with van der Waals surface area (Å²) in [5.74, 6) is -1.08. The maximum absolute atomic E-state index is 14.5. The average molecular weight is 487 g/mol. The lowest BCUT2D eigenvalue weighted by molar-refractivity contribution is -0.134. The number of likely N-dealkylation sites (tertiary alicyclic amines) is 1. The highest BCUT2D eigenvalue weighted by molar-refractivity contribution is 6.02. The van der Waals surface area contributed by atoms with E-state index in [4.69, 9.17) is 5.11 Å². The highest BCUT2D eigenvalue weighted by atomic mass is 19.1. The summed E-state index contributed by atoms with van der Waals surface area (Å²) in [5.41, 5.74) is 2.72. The highest BCUT2D eigenvalue weighted by Gasteiger charge is 2.34. The van der Waals surface area contributed by atoms with Gasteiger partial charge >= 0.3 is 6.09 Å². The summed E-state index contributed by atoms with van der Waals surface area (Å²) in [6.45, 7) is 4.27. The Balaban J connectivity index is 1.22. The Kier molecular flexibility index (Phi) is 6.35. The number of amides is 3. The van der Waals surface area contributed by atoms with Crippen LogP contribution in [0.2, 0.25) is 0 Å². The summed E-state index contributed by atoms with van der Waals surface area (Å²) in [6, 6.07) is 6.15. The van der Waals surface area contributed by atoms with Crippen molar-refractivity contribution in [2.75, 3.05) is 50.7 Å². The predicted octanol–water partition coefficient (Wildman–Crippen LogP) is 1.55. The van der Waals surface area contributed by atoms with E-state index in [-0.39, 0.29) is 24.3 Å². The number of halogens is 1. The lowest BCUT2D eigenvalue weighted by atomic mass is 9.93. The number of piperazine rings is 1. The number of aryl methyl sites for hydroxylation is 1. The molecule has 0 radical (unpaired) electrons. The van der Waals surface area contributed by atoms with Crippen molar-refractivity contribution in [1.29, 1.82) is 0 Å². The van der Waals surface area contributed by atoms with Crippen LogP contribution in [0.4, 0.5) is 14.9 Å². The molecule has 5 rings (SSSR count). The van der Waals surface area contributed by atoms with Gasteiger partial charge in [-0.25, -0.2) is 9.18 Å². The van der Waals surface area contributed by atoms with Gasteiger partial charge in [-0.3, -0.25) is 24.5 Å². The molecule has 0 aliphatic carbocycles. The Morgan fingerprint density at radius 1 is 1.17 bits per heavy atom. The minimum atomic E-state index is -1.12. The summed E-state index contributed by atoms with van der Waals surface area (Å²) in [6.07, 6.45) is -0.827. The van der Waals surface area contributed by atoms with E-state index in [1.165, 1.54) is 4.90 Å². The molecule has 4 heterocycles. The third kappa shape index (κ3) is 4.69. The Bertz CT molecular complexity index is 1140. The molecule has 3 saturated heterocycles. The number of carbonyl (C=O) groups is 3. The topological polar surface area (TPSA) is 111 Å². The molecule has 3 aliphatic heterocycles. The summed E-state index contributed by atoms with van der Waals surface area (Å²) in [5, 5.41) is 17.0. The predicted molar refractivity (Wildman–Crippen MR) is 127 cm³/mol. The lowest BCUT2D eigenvalue weighted by Crippen LogP contribution is -2.51. The molecular weight excluding hydrogens is 455 g/mol. The number of rotatable bonds is 4. The van der Waals surface area contributed by atoms with E-state index < -0.39 is 18.2 Å². The number of alkyl halides is 1. The van der Waals surface area contributed by atoms with Crippen molar-refractivity contribution in [3.05, 3.63) is 23.9 Å². The number of nitrogens with one attached hydrogen (secondary N) is 1. The number of imide groups is 1. The van der Waals surface area contributed by atoms with Gasteiger partial charge in [-0.15, -0.1) is 0 Å². The number of benzene rings is 1. The monoisotopic (exact) mass is 486 g/mol. The van der Waals surface area contributed by atoms with Gasteiger partial charge in [-0.05, 0) is 31.0 Å². The van der Waals surface area contributed by atoms with Crippen molar-refractivity contribution in [3.63, 3.8) is 0 Å². The first kappa shape index (κ1) is 23.5. The third-order valence-corrected chi connectivity index (χ3v) is 7.61. The first-order valence-electron chi connectivity index (χ1n) is 12.2. The van der Waals surface area contributed by atoms with E-state index in [1.807, 2.05) is 19.2 Å². The van der Waals surface area contributed by atoms with Gasteiger partial charge in [0.2, 0.25) is 11.8 Å². The molecule has 10 nitrogen and oxygen atoms in total. The normalized spacial score (nSPS) is 26.3. The molecular formula is C24H31FN6O4. The standard InChI is InChI=1S/C24H31FN6O4/c1-28-20-12-16(2-3-17(20)22(27-28)18-4-5-21(32)26-23(18)33)30-10-8-29(9-11-30)13-15-6-7-31(24(34)35)14-19(15)25/h2-3,12,15,18-19H,4-11,13-14H2,1H3,(H,34,35)(H,26,32,33)/t15-,18?,19+/m0/s1. The first-order valence-corrected chi connectivity index (χ1v) is 12.2. The van der Waals surface area contributed by atoms with E-state index >= 15 is 0 Å². The van der Waals surface area contributed by atoms with Crippen LogP contribution in [0.3, 0.4) is 0 Å². The number of hydrogen-bond acceptors (Lipinski definition) is 6. The van der Waals surface area contributed by atoms with Crippen molar-refractivity contribution in [2.24, 2.45) is 13.0 Å². The SMILES string of the molecule is Cn1nc(C2CCC(=O)NC2=O)c2ccc(N3CCN(C[C@@H]4CCN(C(=O)O)C[C@H]4F)CC3)cc21. The van der Waals surface area contributed by atoms with Crippen molar-refractivity contribution in [3.8, 4) is 0 Å². The minimum Gasteiger partial charge on any atom is -0.465 e. The molecule has 188 valence electrons. The van der Waals surface area contributed by atoms with Gasteiger partial charge in [0, 0.05) is 69.7 Å². The zero-order valence-electron chi connectivity index (χ0n) is 19.8. The van der Waals surface area contributed by atoms with E-state index in [2.05, 4.69) is 26.3 Å². The number of carbonyl (C=O) groups excluding carboxylic acids is 2. The highest BCUT2D eigenvalue weighted by Crippen LogP contribution is 2.32. The number of nitrogens with zero attached hydrogens (tertiary/aromatic N) is 5. The minimum absolute atomic E-state index is 0.0362. The molecule has 3 atom stereocenters. The van der Waals surface area contributed by atoms with Gasteiger partial charge in [0.25, 0.3) is 0 Å². The zero-order chi connectivity index (χ0) is 24.7. The van der Waals surface area contributed by atoms with Crippen LogP contribution in [-0.4, -0.2) is 94.6 Å². The maximum Gasteiger partial charge on any atom is 0.407 e. The molecule has 35 heavy (non-hydrogen) atoms. The van der Waals surface area contributed by atoms with E-state index in [0.29, 0.717) is 38.0 Å². The van der Waals surface area contributed by atoms with Crippen LogP contribution in [0.1, 0.15) is 30.9 Å². The van der Waals surface area contributed by atoms with Crippen molar-refractivity contribution in [2.45, 2.75) is 31.4 Å². The van der Waals surface area contributed by atoms with Gasteiger partial charge in [-0.1, -0.05) is 0 Å². The molecule has 1 aromatic carbocycles. The average Bonchev–Trinajstić information content (AvgIpc) is 3.16. The number of carboxylic acid groups (broad SMARTS) is 1. The van der Waals surface area contributed by atoms with Crippen LogP contribution < -0.4 is 10.2 Å². The Morgan fingerprint density at radius 3 is 2.63 bits per heavy atom. The smallest absolute Gasteiger partial charge is 0.407 e. The van der Waals surface area contributed by atoms with E-state index in [9.17, 15) is 18.8 Å². The molecule has 3 fully saturated rings. The molecule has 3 amide bonds. The van der Waals surface area contributed by atoms with E-state index in [0.717, 1.165) is 42.8 Å². The van der Waals surface area contributed by atoms with Crippen molar-refractivity contribution < 1.29 is 23.9 Å². The fraction of sp³-hybridized carbons (Fsp3) is 0.583. The zero-order valence-corrected chi connectivity index (χ0v) is 19.8. The molecule has 0 saturated carbocycles. The molecule has 11 heteroatoms. The number of aromatic nitrogens is 2. The second-order valence-corrected chi connectivity index (χ2v) is 9.79. The maximum atomic E-state index is 14.5. The number of fused-ring (bicyclic) bond motifs is 1. The molecule has 2 N–H and O–H groups in total. The third-order valence-electron chi connectivity index (χ3n) is 7.61. The van der Waals surface area contributed by atoms with Crippen LogP contribution in [0.15, 0.2) is 18.2 Å². The fourth-order valence-electron chi connectivity index (χ4n) is 5.54. The number of anilines is 1. The largest absolute Gasteiger partial charge is 0.465 e. The fourth-order valence-corrected chi connectivity index (χ4v) is 5.54. The summed E-state index contributed by atoms with van der Waals surface area (Å²) < 4.78 is 16.3. The molecule has 0 spiro atoms. The Hall–Kier alpha value is -3.21. The first-order chi connectivity index (χ1) is 16.8.